The standard InChI is InChI=1S/C24H28N6O/c1-18-5-6-21-20(16-18)22(7-10-25-21)30-11-2-4-19(17-30)23(31)28-12-14-29(15-13-28)24-26-8-3-9-27-24/h3,5-10,16,19H,2,4,11-15,17H2,1H3. The van der Waals surface area contributed by atoms with E-state index in [1.807, 2.05) is 17.2 Å². The summed E-state index contributed by atoms with van der Waals surface area (Å²) in [6, 6.07) is 10.3. The van der Waals surface area contributed by atoms with Gasteiger partial charge in [0.25, 0.3) is 0 Å². The molecule has 3 aromatic rings. The maximum absolute atomic E-state index is 13.3. The Morgan fingerprint density at radius 3 is 2.55 bits per heavy atom. The number of amides is 1. The number of anilines is 2. The minimum absolute atomic E-state index is 0.0429. The molecule has 7 heteroatoms. The SMILES string of the molecule is Cc1ccc2nccc(N3CCCC(C(=O)N4CCN(c5ncccn5)CC4)C3)c2c1. The Morgan fingerprint density at radius 1 is 0.935 bits per heavy atom. The lowest BCUT2D eigenvalue weighted by Crippen LogP contribution is -2.53. The molecular weight excluding hydrogens is 388 g/mol. The van der Waals surface area contributed by atoms with E-state index in [4.69, 9.17) is 0 Å². The number of carbonyl (C=O) groups is 1. The van der Waals surface area contributed by atoms with Crippen LogP contribution in [0, 0.1) is 12.8 Å². The van der Waals surface area contributed by atoms with Gasteiger partial charge in [-0.15, -0.1) is 0 Å². The Balaban J connectivity index is 1.27. The minimum Gasteiger partial charge on any atom is -0.370 e. The number of hydrogen-bond acceptors (Lipinski definition) is 6. The highest BCUT2D eigenvalue weighted by molar-refractivity contribution is 5.92. The van der Waals surface area contributed by atoms with Crippen molar-refractivity contribution in [1.29, 1.82) is 0 Å². The van der Waals surface area contributed by atoms with Gasteiger partial charge in [-0.1, -0.05) is 11.6 Å². The average molecular weight is 417 g/mol. The van der Waals surface area contributed by atoms with Crippen LogP contribution in [0.3, 0.4) is 0 Å². The van der Waals surface area contributed by atoms with Crippen LogP contribution in [0.15, 0.2) is 48.9 Å². The molecule has 2 saturated heterocycles. The predicted octanol–water partition coefficient (Wildman–Crippen LogP) is 2.90. The Bertz CT molecular complexity index is 1060. The Morgan fingerprint density at radius 2 is 1.74 bits per heavy atom. The Kier molecular flexibility index (Phi) is 5.40. The molecule has 31 heavy (non-hydrogen) atoms. The van der Waals surface area contributed by atoms with Crippen molar-refractivity contribution in [1.82, 2.24) is 19.9 Å². The number of rotatable bonds is 3. The van der Waals surface area contributed by atoms with Crippen LogP contribution in [0.25, 0.3) is 10.9 Å². The fourth-order valence-electron chi connectivity index (χ4n) is 4.76. The highest BCUT2D eigenvalue weighted by Crippen LogP contribution is 2.30. The normalized spacial score (nSPS) is 19.6. The number of piperidine rings is 1. The van der Waals surface area contributed by atoms with E-state index in [9.17, 15) is 4.79 Å². The summed E-state index contributed by atoms with van der Waals surface area (Å²) < 4.78 is 0. The van der Waals surface area contributed by atoms with E-state index in [1.54, 1.807) is 12.4 Å². The van der Waals surface area contributed by atoms with Gasteiger partial charge in [0.2, 0.25) is 11.9 Å². The van der Waals surface area contributed by atoms with Crippen molar-refractivity contribution >= 4 is 28.4 Å². The number of benzene rings is 1. The molecular formula is C24H28N6O. The molecule has 5 rings (SSSR count). The summed E-state index contributed by atoms with van der Waals surface area (Å²) in [5.41, 5.74) is 3.43. The first kappa shape index (κ1) is 19.7. The monoisotopic (exact) mass is 416 g/mol. The van der Waals surface area contributed by atoms with E-state index in [2.05, 4.69) is 55.9 Å². The number of aromatic nitrogens is 3. The van der Waals surface area contributed by atoms with Gasteiger partial charge in [-0.25, -0.2) is 9.97 Å². The van der Waals surface area contributed by atoms with Gasteiger partial charge in [-0.05, 0) is 44.0 Å². The smallest absolute Gasteiger partial charge is 0.227 e. The third-order valence-corrected chi connectivity index (χ3v) is 6.41. The molecule has 1 amide bonds. The summed E-state index contributed by atoms with van der Waals surface area (Å²) in [6.45, 7) is 6.87. The van der Waals surface area contributed by atoms with Gasteiger partial charge in [0.1, 0.15) is 0 Å². The van der Waals surface area contributed by atoms with Crippen LogP contribution in [0.1, 0.15) is 18.4 Å². The Hall–Kier alpha value is -3.22. The molecule has 0 radical (unpaired) electrons. The fraction of sp³-hybridized carbons (Fsp3) is 0.417. The number of pyridine rings is 1. The second-order valence-electron chi connectivity index (χ2n) is 8.50. The van der Waals surface area contributed by atoms with Crippen molar-refractivity contribution < 1.29 is 4.79 Å². The van der Waals surface area contributed by atoms with E-state index in [0.717, 1.165) is 63.6 Å². The maximum atomic E-state index is 13.3. The number of hydrogen-bond donors (Lipinski definition) is 0. The molecule has 0 bridgehead atoms. The number of nitrogens with zero attached hydrogens (tertiary/aromatic N) is 6. The van der Waals surface area contributed by atoms with Crippen LogP contribution in [0.4, 0.5) is 11.6 Å². The van der Waals surface area contributed by atoms with Crippen molar-refractivity contribution in [2.75, 3.05) is 49.1 Å². The van der Waals surface area contributed by atoms with E-state index in [0.29, 0.717) is 0 Å². The molecule has 1 aromatic carbocycles. The molecule has 1 atom stereocenters. The highest BCUT2D eigenvalue weighted by Gasteiger charge is 2.32. The molecule has 7 nitrogen and oxygen atoms in total. The number of aryl methyl sites for hydroxylation is 1. The minimum atomic E-state index is 0.0429. The van der Waals surface area contributed by atoms with Crippen LogP contribution in [0.2, 0.25) is 0 Å². The van der Waals surface area contributed by atoms with Gasteiger partial charge >= 0.3 is 0 Å². The lowest BCUT2D eigenvalue weighted by molar-refractivity contribution is -0.136. The van der Waals surface area contributed by atoms with Crippen molar-refractivity contribution in [2.45, 2.75) is 19.8 Å². The fourth-order valence-corrected chi connectivity index (χ4v) is 4.76. The molecule has 2 aromatic heterocycles. The van der Waals surface area contributed by atoms with E-state index >= 15 is 0 Å². The topological polar surface area (TPSA) is 65.5 Å². The molecule has 0 aliphatic carbocycles. The number of carbonyl (C=O) groups excluding carboxylic acids is 1. The predicted molar refractivity (Wildman–Crippen MR) is 122 cm³/mol. The average Bonchev–Trinajstić information content (AvgIpc) is 2.84. The first-order chi connectivity index (χ1) is 15.2. The van der Waals surface area contributed by atoms with E-state index in [-0.39, 0.29) is 11.8 Å². The lowest BCUT2D eigenvalue weighted by atomic mass is 9.95. The van der Waals surface area contributed by atoms with Crippen LogP contribution in [-0.2, 0) is 4.79 Å². The van der Waals surface area contributed by atoms with Crippen molar-refractivity contribution in [3.63, 3.8) is 0 Å². The number of fused-ring (bicyclic) bond motifs is 1. The summed E-state index contributed by atoms with van der Waals surface area (Å²) in [5.74, 6) is 1.08. The van der Waals surface area contributed by atoms with Crippen molar-refractivity contribution in [3.05, 3.63) is 54.5 Å². The third kappa shape index (κ3) is 4.04. The van der Waals surface area contributed by atoms with Gasteiger partial charge in [0.15, 0.2) is 0 Å². The molecule has 160 valence electrons. The molecule has 2 fully saturated rings. The zero-order valence-electron chi connectivity index (χ0n) is 17.9. The molecule has 0 saturated carbocycles. The summed E-state index contributed by atoms with van der Waals surface area (Å²) in [7, 11) is 0. The lowest BCUT2D eigenvalue weighted by Gasteiger charge is -2.39. The van der Waals surface area contributed by atoms with Crippen LogP contribution in [0.5, 0.6) is 0 Å². The van der Waals surface area contributed by atoms with Gasteiger partial charge in [0.05, 0.1) is 11.4 Å². The second kappa shape index (κ2) is 8.49. The molecule has 2 aliphatic heterocycles. The van der Waals surface area contributed by atoms with Gasteiger partial charge in [0, 0.05) is 68.9 Å². The van der Waals surface area contributed by atoms with Crippen LogP contribution in [-0.4, -0.2) is 65.0 Å². The molecule has 0 N–H and O–H groups in total. The summed E-state index contributed by atoms with van der Waals surface area (Å²) >= 11 is 0. The zero-order chi connectivity index (χ0) is 21.2. The maximum Gasteiger partial charge on any atom is 0.227 e. The van der Waals surface area contributed by atoms with Crippen molar-refractivity contribution in [3.8, 4) is 0 Å². The molecule has 0 spiro atoms. The molecule has 2 aliphatic rings. The van der Waals surface area contributed by atoms with Gasteiger partial charge in [-0.3, -0.25) is 9.78 Å². The summed E-state index contributed by atoms with van der Waals surface area (Å²) in [5, 5.41) is 1.17. The third-order valence-electron chi connectivity index (χ3n) is 6.41. The van der Waals surface area contributed by atoms with Gasteiger partial charge < -0.3 is 14.7 Å². The Labute approximate surface area is 182 Å². The summed E-state index contributed by atoms with van der Waals surface area (Å²) in [4.78, 5) is 33.1. The molecule has 4 heterocycles. The van der Waals surface area contributed by atoms with Crippen LogP contribution < -0.4 is 9.80 Å². The molecule has 1 unspecified atom stereocenters. The summed E-state index contributed by atoms with van der Waals surface area (Å²) in [6.07, 6.45) is 7.40. The zero-order valence-corrected chi connectivity index (χ0v) is 17.9. The second-order valence-corrected chi connectivity index (χ2v) is 8.50. The van der Waals surface area contributed by atoms with Crippen LogP contribution >= 0.6 is 0 Å². The largest absolute Gasteiger partial charge is 0.370 e. The number of piperazine rings is 1. The van der Waals surface area contributed by atoms with Crippen molar-refractivity contribution in [2.24, 2.45) is 5.92 Å². The van der Waals surface area contributed by atoms with E-state index < -0.39 is 0 Å². The van der Waals surface area contributed by atoms with E-state index in [1.165, 1.54) is 16.6 Å². The van der Waals surface area contributed by atoms with Gasteiger partial charge in [-0.2, -0.15) is 0 Å². The quantitative estimate of drug-likeness (QED) is 0.654. The first-order valence-corrected chi connectivity index (χ1v) is 11.1. The highest BCUT2D eigenvalue weighted by atomic mass is 16.2. The first-order valence-electron chi connectivity index (χ1n) is 11.1.